The molecule has 0 aromatic rings. The second kappa shape index (κ2) is 18.9. The van der Waals surface area contributed by atoms with Gasteiger partial charge in [-0.25, -0.2) is 5.06 Å². The third-order valence-corrected chi connectivity index (χ3v) is 6.21. The summed E-state index contributed by atoms with van der Waals surface area (Å²) < 4.78 is 16.8. The summed E-state index contributed by atoms with van der Waals surface area (Å²) >= 11 is 0. The lowest BCUT2D eigenvalue weighted by molar-refractivity contribution is -0.149. The van der Waals surface area contributed by atoms with Gasteiger partial charge in [0.15, 0.2) is 0 Å². The molecule has 1 unspecified atom stereocenters. The van der Waals surface area contributed by atoms with Gasteiger partial charge in [-0.2, -0.15) is 0 Å². The maximum atomic E-state index is 11.8. The maximum absolute atomic E-state index is 11.8. The third kappa shape index (κ3) is 20.1. The lowest BCUT2D eigenvalue weighted by Crippen LogP contribution is -2.19. The van der Waals surface area contributed by atoms with E-state index in [2.05, 4.69) is 6.92 Å². The highest BCUT2D eigenvalue weighted by molar-refractivity contribution is 7.52. The third-order valence-electron chi connectivity index (χ3n) is 4.74. The molecule has 1 atom stereocenters. The van der Waals surface area contributed by atoms with Gasteiger partial charge in [0.1, 0.15) is 0 Å². The summed E-state index contributed by atoms with van der Waals surface area (Å²) in [6.45, 7) is 2.59. The van der Waals surface area contributed by atoms with Crippen molar-refractivity contribution in [1.82, 2.24) is 5.06 Å². The molecular formula is C20H42NO5P. The predicted molar refractivity (Wildman–Crippen MR) is 110 cm³/mol. The zero-order chi connectivity index (χ0) is 20.2. The molecule has 0 heterocycles. The first-order valence-corrected chi connectivity index (χ1v) is 12.7. The lowest BCUT2D eigenvalue weighted by Gasteiger charge is -2.13. The Kier molecular flexibility index (Phi) is 18.6. The van der Waals surface area contributed by atoms with Gasteiger partial charge in [0.25, 0.3) is 0 Å². The van der Waals surface area contributed by atoms with Gasteiger partial charge < -0.3 is 9.42 Å². The maximum Gasteiger partial charge on any atom is 0.328 e. The molecule has 6 nitrogen and oxygen atoms in total. The molecule has 2 N–H and O–H groups in total. The number of carbonyl (C=O) groups excluding carboxylic acids is 1. The molecule has 0 spiro atoms. The van der Waals surface area contributed by atoms with Crippen molar-refractivity contribution in [2.75, 3.05) is 19.3 Å². The summed E-state index contributed by atoms with van der Waals surface area (Å²) in [5.74, 6) is 0. The van der Waals surface area contributed by atoms with Crippen LogP contribution in [0.3, 0.4) is 0 Å². The molecule has 0 fully saturated rings. The average molecular weight is 408 g/mol. The average Bonchev–Trinajstić information content (AvgIpc) is 2.64. The molecule has 27 heavy (non-hydrogen) atoms. The number of carbonyl (C=O) groups is 1. The Hall–Kier alpha value is -0.420. The highest BCUT2D eigenvalue weighted by atomic mass is 31.2. The highest BCUT2D eigenvalue weighted by Crippen LogP contribution is 2.42. The van der Waals surface area contributed by atoms with Crippen molar-refractivity contribution in [3.05, 3.63) is 0 Å². The number of unbranched alkanes of at least 4 members (excludes halogenated alkanes) is 13. The first-order chi connectivity index (χ1) is 13.0. The smallest absolute Gasteiger partial charge is 0.324 e. The monoisotopic (exact) mass is 407 g/mol. The number of nitrogens with zero attached hydrogens (tertiary/aromatic N) is 1. The molecule has 162 valence electrons. The van der Waals surface area contributed by atoms with Crippen LogP contribution in [0.4, 0.5) is 0 Å². The SMILES string of the molecule is CCCCCCCCCCCCCCCCOP(=O)(O)CCCN(O)C=O. The fourth-order valence-electron chi connectivity index (χ4n) is 3.05. The number of amides is 1. The fourth-order valence-corrected chi connectivity index (χ4v) is 4.14. The zero-order valence-corrected chi connectivity index (χ0v) is 18.2. The lowest BCUT2D eigenvalue weighted by atomic mass is 10.0. The fraction of sp³-hybridized carbons (Fsp3) is 0.950. The standard InChI is InChI=1S/C20H42NO5P/c1-2-3-4-5-6-7-8-9-10-11-12-13-14-15-18-26-27(24,25)19-16-17-21(23)20-22/h20,23H,2-19H2,1H3,(H,24,25). The molecular weight excluding hydrogens is 365 g/mol. The molecule has 0 aromatic carbocycles. The second-order valence-electron chi connectivity index (χ2n) is 7.41. The summed E-state index contributed by atoms with van der Waals surface area (Å²) in [5, 5.41) is 9.39. The van der Waals surface area contributed by atoms with Crippen molar-refractivity contribution >= 4 is 14.0 Å². The summed E-state index contributed by atoms with van der Waals surface area (Å²) in [4.78, 5) is 19.9. The quantitative estimate of drug-likeness (QED) is 0.0812. The predicted octanol–water partition coefficient (Wildman–Crippen LogP) is 5.91. The van der Waals surface area contributed by atoms with Crippen LogP contribution in [0.1, 0.15) is 103 Å². The zero-order valence-electron chi connectivity index (χ0n) is 17.3. The first-order valence-electron chi connectivity index (χ1n) is 10.9. The number of rotatable bonds is 21. The normalized spacial score (nSPS) is 13.4. The highest BCUT2D eigenvalue weighted by Gasteiger charge is 2.18. The van der Waals surface area contributed by atoms with Crippen molar-refractivity contribution in [2.24, 2.45) is 0 Å². The molecule has 7 heteroatoms. The van der Waals surface area contributed by atoms with Crippen molar-refractivity contribution < 1.29 is 24.0 Å². The van der Waals surface area contributed by atoms with Crippen LogP contribution in [0.5, 0.6) is 0 Å². The van der Waals surface area contributed by atoms with E-state index >= 15 is 0 Å². The number of hydroxylamine groups is 2. The van der Waals surface area contributed by atoms with E-state index in [-0.39, 0.29) is 25.5 Å². The van der Waals surface area contributed by atoms with E-state index in [0.717, 1.165) is 19.3 Å². The summed E-state index contributed by atoms with van der Waals surface area (Å²) in [5.41, 5.74) is 0. The van der Waals surface area contributed by atoms with Crippen LogP contribution in [-0.2, 0) is 13.9 Å². The molecule has 0 saturated carbocycles. The van der Waals surface area contributed by atoms with E-state index in [0.29, 0.717) is 11.7 Å². The summed E-state index contributed by atoms with van der Waals surface area (Å²) in [6, 6.07) is 0. The number of hydrogen-bond acceptors (Lipinski definition) is 4. The summed E-state index contributed by atoms with van der Waals surface area (Å²) in [6.07, 6.45) is 18.2. The molecule has 0 aliphatic heterocycles. The Balaban J connectivity index is 3.30. The van der Waals surface area contributed by atoms with Gasteiger partial charge in [-0.1, -0.05) is 90.4 Å². The van der Waals surface area contributed by atoms with E-state index in [1.54, 1.807) is 0 Å². The van der Waals surface area contributed by atoms with Gasteiger partial charge in [0.2, 0.25) is 6.41 Å². The van der Waals surface area contributed by atoms with Crippen LogP contribution < -0.4 is 0 Å². The van der Waals surface area contributed by atoms with E-state index in [4.69, 9.17) is 9.73 Å². The van der Waals surface area contributed by atoms with Gasteiger partial charge >= 0.3 is 7.60 Å². The van der Waals surface area contributed by atoms with Gasteiger partial charge in [0, 0.05) is 6.54 Å². The molecule has 0 radical (unpaired) electrons. The largest absolute Gasteiger partial charge is 0.328 e. The van der Waals surface area contributed by atoms with Crippen molar-refractivity contribution in [3.8, 4) is 0 Å². The molecule has 1 amide bonds. The van der Waals surface area contributed by atoms with Crippen LogP contribution in [0.25, 0.3) is 0 Å². The minimum Gasteiger partial charge on any atom is -0.324 e. The topological polar surface area (TPSA) is 87.1 Å². The van der Waals surface area contributed by atoms with Crippen LogP contribution >= 0.6 is 7.60 Å². The van der Waals surface area contributed by atoms with Crippen LogP contribution in [0.15, 0.2) is 0 Å². The molecule has 0 aromatic heterocycles. The van der Waals surface area contributed by atoms with Crippen molar-refractivity contribution in [2.45, 2.75) is 103 Å². The minimum atomic E-state index is -3.60. The van der Waals surface area contributed by atoms with E-state index in [1.165, 1.54) is 70.6 Å². The van der Waals surface area contributed by atoms with Gasteiger partial charge in [0.05, 0.1) is 12.8 Å². The first kappa shape index (κ1) is 26.6. The van der Waals surface area contributed by atoms with E-state index in [9.17, 15) is 14.3 Å². The van der Waals surface area contributed by atoms with Crippen LogP contribution in [0, 0.1) is 0 Å². The van der Waals surface area contributed by atoms with Gasteiger partial charge in [-0.3, -0.25) is 14.6 Å². The van der Waals surface area contributed by atoms with Crippen LogP contribution in [0.2, 0.25) is 0 Å². The Morgan fingerprint density at radius 1 is 0.815 bits per heavy atom. The Labute approximate surface area is 166 Å². The Bertz CT molecular complexity index is 381. The molecule has 0 aliphatic carbocycles. The minimum absolute atomic E-state index is 0.0380. The molecule has 0 saturated heterocycles. The molecule has 0 aliphatic rings. The van der Waals surface area contributed by atoms with Crippen molar-refractivity contribution in [1.29, 1.82) is 0 Å². The summed E-state index contributed by atoms with van der Waals surface area (Å²) in [7, 11) is -3.60. The van der Waals surface area contributed by atoms with E-state index in [1.807, 2.05) is 0 Å². The molecule has 0 rings (SSSR count). The Morgan fingerprint density at radius 2 is 1.26 bits per heavy atom. The molecule has 0 bridgehead atoms. The second-order valence-corrected chi connectivity index (χ2v) is 9.39. The van der Waals surface area contributed by atoms with Gasteiger partial charge in [-0.15, -0.1) is 0 Å². The number of hydrogen-bond donors (Lipinski definition) is 2. The van der Waals surface area contributed by atoms with Crippen LogP contribution in [-0.4, -0.2) is 40.9 Å². The Morgan fingerprint density at radius 3 is 1.70 bits per heavy atom. The van der Waals surface area contributed by atoms with Crippen molar-refractivity contribution in [3.63, 3.8) is 0 Å². The van der Waals surface area contributed by atoms with E-state index < -0.39 is 7.60 Å². The van der Waals surface area contributed by atoms with Gasteiger partial charge in [-0.05, 0) is 12.8 Å².